The molecule has 1 atom stereocenters. The number of benzene rings is 3. The van der Waals surface area contributed by atoms with E-state index in [0.717, 1.165) is 26.9 Å². The lowest BCUT2D eigenvalue weighted by molar-refractivity contribution is -0.117. The van der Waals surface area contributed by atoms with Crippen molar-refractivity contribution in [3.63, 3.8) is 0 Å². The lowest BCUT2D eigenvalue weighted by Crippen LogP contribution is -2.41. The van der Waals surface area contributed by atoms with Crippen LogP contribution >= 0.6 is 11.3 Å². The average Bonchev–Trinajstić information content (AvgIpc) is 3.22. The first-order valence-electron chi connectivity index (χ1n) is 9.51. The second-order valence-electron chi connectivity index (χ2n) is 7.02. The number of hydrogen-bond acceptors (Lipinski definition) is 5. The third-order valence-electron chi connectivity index (χ3n) is 4.71. The Kier molecular flexibility index (Phi) is 5.54. The molecule has 0 aliphatic carbocycles. The molecular formula is C23H20N4O2S. The van der Waals surface area contributed by atoms with Crippen molar-refractivity contribution in [1.29, 1.82) is 0 Å². The first kappa shape index (κ1) is 19.7. The SMILES string of the molecule is Cc1ccc(-c2nnc(NC(=O)[C@H](C)NC(=O)c3ccc4ccccc4c3)s2)cc1. The Morgan fingerprint density at radius 1 is 0.933 bits per heavy atom. The minimum atomic E-state index is -0.726. The van der Waals surface area contributed by atoms with E-state index in [4.69, 9.17) is 0 Å². The van der Waals surface area contributed by atoms with Crippen LogP contribution in [0.4, 0.5) is 5.13 Å². The highest BCUT2D eigenvalue weighted by atomic mass is 32.1. The molecular weight excluding hydrogens is 396 g/mol. The van der Waals surface area contributed by atoms with Crippen LogP contribution in [0.1, 0.15) is 22.8 Å². The number of nitrogens with one attached hydrogen (secondary N) is 2. The van der Waals surface area contributed by atoms with Crippen LogP contribution in [-0.2, 0) is 4.79 Å². The van der Waals surface area contributed by atoms with E-state index < -0.39 is 6.04 Å². The minimum absolute atomic E-state index is 0.305. The zero-order chi connectivity index (χ0) is 21.1. The van der Waals surface area contributed by atoms with Crippen LogP contribution in [0.25, 0.3) is 21.3 Å². The van der Waals surface area contributed by atoms with Gasteiger partial charge in [0.05, 0.1) is 0 Å². The molecule has 1 aromatic heterocycles. The van der Waals surface area contributed by atoms with E-state index in [2.05, 4.69) is 20.8 Å². The van der Waals surface area contributed by atoms with Gasteiger partial charge in [0.25, 0.3) is 5.91 Å². The molecule has 0 saturated heterocycles. The summed E-state index contributed by atoms with van der Waals surface area (Å²) in [7, 11) is 0. The van der Waals surface area contributed by atoms with E-state index in [1.54, 1.807) is 13.0 Å². The van der Waals surface area contributed by atoms with Crippen molar-refractivity contribution in [3.05, 3.63) is 77.9 Å². The molecule has 2 amide bonds. The number of carbonyl (C=O) groups is 2. The van der Waals surface area contributed by atoms with Crippen LogP contribution in [0, 0.1) is 6.92 Å². The van der Waals surface area contributed by atoms with E-state index in [-0.39, 0.29) is 11.8 Å². The highest BCUT2D eigenvalue weighted by Gasteiger charge is 2.19. The van der Waals surface area contributed by atoms with Gasteiger partial charge in [0.1, 0.15) is 11.0 Å². The molecule has 7 heteroatoms. The van der Waals surface area contributed by atoms with E-state index in [1.165, 1.54) is 11.3 Å². The van der Waals surface area contributed by atoms with Crippen molar-refractivity contribution in [3.8, 4) is 10.6 Å². The van der Waals surface area contributed by atoms with Crippen molar-refractivity contribution < 1.29 is 9.59 Å². The summed E-state index contributed by atoms with van der Waals surface area (Å²) in [5.41, 5.74) is 2.61. The fourth-order valence-electron chi connectivity index (χ4n) is 2.98. The minimum Gasteiger partial charge on any atom is -0.341 e. The number of amides is 2. The van der Waals surface area contributed by atoms with Crippen molar-refractivity contribution >= 4 is 39.1 Å². The van der Waals surface area contributed by atoms with Gasteiger partial charge in [-0.15, -0.1) is 10.2 Å². The molecule has 0 saturated carbocycles. The Morgan fingerprint density at radius 3 is 2.43 bits per heavy atom. The molecule has 2 N–H and O–H groups in total. The number of hydrogen-bond donors (Lipinski definition) is 2. The predicted molar refractivity (Wildman–Crippen MR) is 120 cm³/mol. The Bertz CT molecular complexity index is 1220. The van der Waals surface area contributed by atoms with Gasteiger partial charge < -0.3 is 5.32 Å². The summed E-state index contributed by atoms with van der Waals surface area (Å²) < 4.78 is 0. The van der Waals surface area contributed by atoms with Gasteiger partial charge in [0.2, 0.25) is 11.0 Å². The number of carbonyl (C=O) groups excluding carboxylic acids is 2. The van der Waals surface area contributed by atoms with Crippen molar-refractivity contribution in [2.24, 2.45) is 0 Å². The van der Waals surface area contributed by atoms with Gasteiger partial charge in [0, 0.05) is 11.1 Å². The van der Waals surface area contributed by atoms with Gasteiger partial charge in [-0.3, -0.25) is 14.9 Å². The maximum atomic E-state index is 12.6. The smallest absolute Gasteiger partial charge is 0.251 e. The first-order valence-corrected chi connectivity index (χ1v) is 10.3. The summed E-state index contributed by atoms with van der Waals surface area (Å²) in [6, 6.07) is 20.5. The highest BCUT2D eigenvalue weighted by molar-refractivity contribution is 7.18. The lowest BCUT2D eigenvalue weighted by Gasteiger charge is -2.13. The monoisotopic (exact) mass is 416 g/mol. The Hall–Kier alpha value is -3.58. The van der Waals surface area contributed by atoms with Crippen molar-refractivity contribution in [1.82, 2.24) is 15.5 Å². The molecule has 150 valence electrons. The van der Waals surface area contributed by atoms with Gasteiger partial charge in [-0.1, -0.05) is 71.5 Å². The van der Waals surface area contributed by atoms with Crippen molar-refractivity contribution in [2.45, 2.75) is 19.9 Å². The van der Waals surface area contributed by atoms with Gasteiger partial charge in [-0.25, -0.2) is 0 Å². The molecule has 1 heterocycles. The van der Waals surface area contributed by atoms with Gasteiger partial charge >= 0.3 is 0 Å². The van der Waals surface area contributed by atoms with Gasteiger partial charge in [-0.2, -0.15) is 0 Å². The fraction of sp³-hybridized carbons (Fsp3) is 0.130. The van der Waals surface area contributed by atoms with Crippen LogP contribution in [0.15, 0.2) is 66.7 Å². The second kappa shape index (κ2) is 8.42. The molecule has 0 aliphatic rings. The summed E-state index contributed by atoms with van der Waals surface area (Å²) in [4.78, 5) is 25.1. The van der Waals surface area contributed by atoms with Crippen LogP contribution in [-0.4, -0.2) is 28.1 Å². The van der Waals surface area contributed by atoms with Crippen LogP contribution in [0.3, 0.4) is 0 Å². The lowest BCUT2D eigenvalue weighted by atomic mass is 10.1. The summed E-state index contributed by atoms with van der Waals surface area (Å²) in [6.45, 7) is 3.65. The molecule has 4 aromatic rings. The molecule has 0 spiro atoms. The summed E-state index contributed by atoms with van der Waals surface area (Å²) in [5, 5.41) is 16.8. The summed E-state index contributed by atoms with van der Waals surface area (Å²) in [5.74, 6) is -0.656. The van der Waals surface area contributed by atoms with E-state index in [9.17, 15) is 9.59 Å². The summed E-state index contributed by atoms with van der Waals surface area (Å²) >= 11 is 1.29. The first-order chi connectivity index (χ1) is 14.5. The van der Waals surface area contributed by atoms with Gasteiger partial charge in [0.15, 0.2) is 0 Å². The molecule has 3 aromatic carbocycles. The number of aryl methyl sites for hydroxylation is 1. The summed E-state index contributed by atoms with van der Waals surface area (Å²) in [6.07, 6.45) is 0. The molecule has 0 radical (unpaired) electrons. The molecule has 6 nitrogen and oxygen atoms in total. The maximum Gasteiger partial charge on any atom is 0.251 e. The van der Waals surface area contributed by atoms with Crippen LogP contribution in [0.5, 0.6) is 0 Å². The van der Waals surface area contributed by atoms with Crippen LogP contribution in [0.2, 0.25) is 0 Å². The number of nitrogens with zero attached hydrogens (tertiary/aromatic N) is 2. The predicted octanol–water partition coefficient (Wildman–Crippen LogP) is 4.42. The zero-order valence-corrected chi connectivity index (χ0v) is 17.4. The topological polar surface area (TPSA) is 84.0 Å². The average molecular weight is 417 g/mol. The maximum absolute atomic E-state index is 12.6. The number of fused-ring (bicyclic) bond motifs is 1. The Morgan fingerprint density at radius 2 is 1.67 bits per heavy atom. The molecule has 30 heavy (non-hydrogen) atoms. The van der Waals surface area contributed by atoms with Gasteiger partial charge in [-0.05, 0) is 36.8 Å². The third kappa shape index (κ3) is 4.36. The molecule has 0 aliphatic heterocycles. The zero-order valence-electron chi connectivity index (χ0n) is 16.5. The largest absolute Gasteiger partial charge is 0.341 e. The molecule has 0 fully saturated rings. The third-order valence-corrected chi connectivity index (χ3v) is 5.59. The highest BCUT2D eigenvalue weighted by Crippen LogP contribution is 2.26. The Labute approximate surface area is 178 Å². The quantitative estimate of drug-likeness (QED) is 0.504. The number of rotatable bonds is 5. The van der Waals surface area contributed by atoms with E-state index in [1.807, 2.05) is 67.6 Å². The molecule has 0 unspecified atom stereocenters. The van der Waals surface area contributed by atoms with E-state index >= 15 is 0 Å². The second-order valence-corrected chi connectivity index (χ2v) is 8.00. The fourth-order valence-corrected chi connectivity index (χ4v) is 3.73. The number of anilines is 1. The molecule has 4 rings (SSSR count). The standard InChI is InChI=1S/C23H20N4O2S/c1-14-7-9-17(10-8-14)22-26-27-23(30-22)25-20(28)15(2)24-21(29)19-12-11-16-5-3-4-6-18(16)13-19/h3-13,15H,1-2H3,(H,24,29)(H,25,27,28)/t15-/m0/s1. The number of aromatic nitrogens is 2. The van der Waals surface area contributed by atoms with Crippen molar-refractivity contribution in [2.75, 3.05) is 5.32 Å². The Balaban J connectivity index is 1.39. The molecule has 0 bridgehead atoms. The van der Waals surface area contributed by atoms with Crippen LogP contribution < -0.4 is 10.6 Å². The normalized spacial score (nSPS) is 11.8. The van der Waals surface area contributed by atoms with E-state index in [0.29, 0.717) is 10.7 Å².